The van der Waals surface area contributed by atoms with Gasteiger partial charge in [0.1, 0.15) is 4.34 Å². The van der Waals surface area contributed by atoms with E-state index in [1.165, 1.54) is 18.3 Å². The molecule has 0 radical (unpaired) electrons. The van der Waals surface area contributed by atoms with Gasteiger partial charge in [-0.25, -0.2) is 4.98 Å². The Kier molecular flexibility index (Phi) is 5.37. The van der Waals surface area contributed by atoms with Gasteiger partial charge in [0.05, 0.1) is 11.2 Å². The van der Waals surface area contributed by atoms with Gasteiger partial charge >= 0.3 is 5.97 Å². The second-order valence-corrected chi connectivity index (χ2v) is 5.34. The van der Waals surface area contributed by atoms with Crippen molar-refractivity contribution < 1.29 is 14.7 Å². The number of nitrogens with one attached hydrogen (secondary N) is 1. The topological polar surface area (TPSA) is 79.3 Å². The first-order valence-corrected chi connectivity index (χ1v) is 6.26. The maximum Gasteiger partial charge on any atom is 0.303 e. The van der Waals surface area contributed by atoms with E-state index in [9.17, 15) is 9.59 Å². The number of nitrogens with zero attached hydrogens (tertiary/aromatic N) is 1. The van der Waals surface area contributed by atoms with Gasteiger partial charge < -0.3 is 10.4 Å². The van der Waals surface area contributed by atoms with Crippen LogP contribution >= 0.6 is 22.9 Å². The molecule has 0 aliphatic rings. The number of aromatic nitrogens is 1. The van der Waals surface area contributed by atoms with Crippen LogP contribution in [0.3, 0.4) is 0 Å². The quantitative estimate of drug-likeness (QED) is 0.829. The molecule has 1 rings (SSSR count). The average Bonchev–Trinajstić information content (AvgIpc) is 2.59. The third-order valence-corrected chi connectivity index (χ3v) is 3.20. The number of rotatable bonds is 6. The van der Waals surface area contributed by atoms with Crippen molar-refractivity contribution in [3.63, 3.8) is 0 Å². The third-order valence-electron chi connectivity index (χ3n) is 2.06. The van der Waals surface area contributed by atoms with Crippen molar-refractivity contribution >= 4 is 34.8 Å². The molecule has 0 spiro atoms. The smallest absolute Gasteiger partial charge is 0.303 e. The number of carbonyl (C=O) groups is 2. The van der Waals surface area contributed by atoms with E-state index >= 15 is 0 Å². The molecule has 2 N–H and O–H groups in total. The summed E-state index contributed by atoms with van der Waals surface area (Å²) in [6, 6.07) is -0.217. The number of amides is 1. The molecular weight excluding hydrogens is 264 g/mol. The molecule has 0 aliphatic carbocycles. The normalized spacial score (nSPS) is 12.1. The first-order chi connectivity index (χ1) is 7.97. The SMILES string of the molecule is CC(=O)NC(CCC(=O)O)Cc1ncc(Cl)s1. The first-order valence-electron chi connectivity index (χ1n) is 5.06. The molecule has 0 bridgehead atoms. The van der Waals surface area contributed by atoms with Gasteiger partial charge in [0, 0.05) is 25.8 Å². The van der Waals surface area contributed by atoms with Crippen LogP contribution in [-0.2, 0) is 16.0 Å². The maximum atomic E-state index is 11.0. The van der Waals surface area contributed by atoms with Crippen molar-refractivity contribution in [2.75, 3.05) is 0 Å². The van der Waals surface area contributed by atoms with Gasteiger partial charge in [-0.2, -0.15) is 0 Å². The molecule has 1 aromatic heterocycles. The van der Waals surface area contributed by atoms with Gasteiger partial charge in [0.2, 0.25) is 5.91 Å². The highest BCUT2D eigenvalue weighted by Gasteiger charge is 2.14. The van der Waals surface area contributed by atoms with Gasteiger partial charge in [-0.3, -0.25) is 9.59 Å². The summed E-state index contributed by atoms with van der Waals surface area (Å²) in [6.07, 6.45) is 2.45. The van der Waals surface area contributed by atoms with Crippen molar-refractivity contribution in [1.82, 2.24) is 10.3 Å². The number of hydrogen-bond donors (Lipinski definition) is 2. The van der Waals surface area contributed by atoms with E-state index < -0.39 is 5.97 Å². The Labute approximate surface area is 108 Å². The van der Waals surface area contributed by atoms with E-state index in [1.54, 1.807) is 6.20 Å². The molecule has 17 heavy (non-hydrogen) atoms. The van der Waals surface area contributed by atoms with Crippen LogP contribution in [0.2, 0.25) is 4.34 Å². The van der Waals surface area contributed by atoms with Crippen LogP contribution in [0.5, 0.6) is 0 Å². The second kappa shape index (κ2) is 6.56. The minimum Gasteiger partial charge on any atom is -0.481 e. The predicted octanol–water partition coefficient (Wildman–Crippen LogP) is 1.71. The van der Waals surface area contributed by atoms with E-state index in [2.05, 4.69) is 10.3 Å². The largest absolute Gasteiger partial charge is 0.481 e. The summed E-state index contributed by atoms with van der Waals surface area (Å²) >= 11 is 7.08. The van der Waals surface area contributed by atoms with Crippen molar-refractivity contribution in [2.24, 2.45) is 0 Å². The van der Waals surface area contributed by atoms with Crippen LogP contribution in [0, 0.1) is 0 Å². The first kappa shape index (κ1) is 13.9. The van der Waals surface area contributed by atoms with E-state index in [0.717, 1.165) is 5.01 Å². The molecule has 1 heterocycles. The van der Waals surface area contributed by atoms with Crippen molar-refractivity contribution in [3.05, 3.63) is 15.5 Å². The lowest BCUT2D eigenvalue weighted by molar-refractivity contribution is -0.137. The van der Waals surface area contributed by atoms with E-state index in [1.807, 2.05) is 0 Å². The number of carboxylic acids is 1. The van der Waals surface area contributed by atoms with Crippen molar-refractivity contribution in [2.45, 2.75) is 32.2 Å². The second-order valence-electron chi connectivity index (χ2n) is 3.59. The molecule has 0 aliphatic heterocycles. The molecular formula is C10H13ClN2O3S. The number of aliphatic carboxylic acids is 1. The number of carboxylic acid groups (broad SMARTS) is 1. The average molecular weight is 277 g/mol. The molecule has 0 fully saturated rings. The minimum absolute atomic E-state index is 0.0179. The summed E-state index contributed by atoms with van der Waals surface area (Å²) in [5, 5.41) is 12.1. The van der Waals surface area contributed by atoms with Crippen LogP contribution in [-0.4, -0.2) is 28.0 Å². The fraction of sp³-hybridized carbons (Fsp3) is 0.500. The summed E-state index contributed by atoms with van der Waals surface area (Å²) in [5.41, 5.74) is 0. The molecule has 0 aromatic carbocycles. The summed E-state index contributed by atoms with van der Waals surface area (Å²) in [6.45, 7) is 1.41. The lowest BCUT2D eigenvalue weighted by atomic mass is 10.1. The highest BCUT2D eigenvalue weighted by molar-refractivity contribution is 7.15. The Bertz CT molecular complexity index is 408. The summed E-state index contributed by atoms with van der Waals surface area (Å²) in [7, 11) is 0. The molecule has 1 unspecified atom stereocenters. The van der Waals surface area contributed by atoms with Gasteiger partial charge in [0.25, 0.3) is 0 Å². The van der Waals surface area contributed by atoms with Gasteiger partial charge in [-0.1, -0.05) is 11.6 Å². The summed E-state index contributed by atoms with van der Waals surface area (Å²) in [5.74, 6) is -1.06. The van der Waals surface area contributed by atoms with Crippen LogP contribution in [0.4, 0.5) is 0 Å². The zero-order valence-corrected chi connectivity index (χ0v) is 10.8. The Hall–Kier alpha value is -1.14. The Morgan fingerprint density at radius 3 is 2.82 bits per heavy atom. The van der Waals surface area contributed by atoms with Gasteiger partial charge in [-0.15, -0.1) is 11.3 Å². The Morgan fingerprint density at radius 2 is 2.35 bits per heavy atom. The monoisotopic (exact) mass is 276 g/mol. The van der Waals surface area contributed by atoms with Crippen LogP contribution in [0.25, 0.3) is 0 Å². The highest BCUT2D eigenvalue weighted by atomic mass is 35.5. The molecule has 94 valence electrons. The number of thiazole rings is 1. The minimum atomic E-state index is -0.877. The number of halogens is 1. The lowest BCUT2D eigenvalue weighted by Gasteiger charge is -2.15. The molecule has 1 atom stereocenters. The summed E-state index contributed by atoms with van der Waals surface area (Å²) < 4.78 is 0.583. The molecule has 7 heteroatoms. The van der Waals surface area contributed by atoms with E-state index in [4.69, 9.17) is 16.7 Å². The molecule has 1 amide bonds. The Morgan fingerprint density at radius 1 is 1.65 bits per heavy atom. The van der Waals surface area contributed by atoms with Crippen molar-refractivity contribution in [1.29, 1.82) is 0 Å². The van der Waals surface area contributed by atoms with Crippen LogP contribution in [0.15, 0.2) is 6.20 Å². The molecule has 1 aromatic rings. The van der Waals surface area contributed by atoms with Gasteiger partial charge in [0.15, 0.2) is 0 Å². The molecule has 5 nitrogen and oxygen atoms in total. The number of carbonyl (C=O) groups excluding carboxylic acids is 1. The fourth-order valence-corrected chi connectivity index (χ4v) is 2.44. The zero-order chi connectivity index (χ0) is 12.8. The molecule has 0 saturated carbocycles. The highest BCUT2D eigenvalue weighted by Crippen LogP contribution is 2.20. The fourth-order valence-electron chi connectivity index (χ4n) is 1.40. The van der Waals surface area contributed by atoms with Gasteiger partial charge in [-0.05, 0) is 6.42 Å². The standard InChI is InChI=1S/C10H13ClN2O3S/c1-6(14)13-7(2-3-10(15)16)4-9-12-5-8(11)17-9/h5,7H,2-4H2,1H3,(H,13,14)(H,15,16). The maximum absolute atomic E-state index is 11.0. The van der Waals surface area contributed by atoms with Crippen LogP contribution in [0.1, 0.15) is 24.8 Å². The van der Waals surface area contributed by atoms with E-state index in [-0.39, 0.29) is 18.4 Å². The van der Waals surface area contributed by atoms with E-state index in [0.29, 0.717) is 17.2 Å². The van der Waals surface area contributed by atoms with Crippen LogP contribution < -0.4 is 5.32 Å². The predicted molar refractivity (Wildman–Crippen MR) is 65.3 cm³/mol. The lowest BCUT2D eigenvalue weighted by Crippen LogP contribution is -2.35. The summed E-state index contributed by atoms with van der Waals surface area (Å²) in [4.78, 5) is 25.6. The van der Waals surface area contributed by atoms with Crippen molar-refractivity contribution in [3.8, 4) is 0 Å². The number of hydrogen-bond acceptors (Lipinski definition) is 4. The molecule has 0 saturated heterocycles. The third kappa shape index (κ3) is 5.65. The zero-order valence-electron chi connectivity index (χ0n) is 9.27. The Balaban J connectivity index is 2.56.